The molecule has 7 nitrogen and oxygen atoms in total. The second-order valence-electron chi connectivity index (χ2n) is 8.86. The van der Waals surface area contributed by atoms with Gasteiger partial charge < -0.3 is 9.64 Å². The molecule has 4 aromatic rings. The fourth-order valence-electron chi connectivity index (χ4n) is 4.58. The average Bonchev–Trinajstić information content (AvgIpc) is 2.89. The van der Waals surface area contributed by atoms with Gasteiger partial charge in [0.1, 0.15) is 0 Å². The Bertz CT molecular complexity index is 1420. The Morgan fingerprint density at radius 2 is 1.71 bits per heavy atom. The van der Waals surface area contributed by atoms with E-state index in [4.69, 9.17) is 9.72 Å². The lowest BCUT2D eigenvalue weighted by molar-refractivity contribution is 0.0601. The van der Waals surface area contributed by atoms with Crippen LogP contribution in [0.1, 0.15) is 21.5 Å². The number of anilines is 1. The summed E-state index contributed by atoms with van der Waals surface area (Å²) < 4.78 is 6.56. The molecule has 0 spiro atoms. The van der Waals surface area contributed by atoms with Crippen LogP contribution in [0.5, 0.6) is 0 Å². The molecule has 1 aliphatic heterocycles. The van der Waals surface area contributed by atoms with E-state index < -0.39 is 5.97 Å². The molecule has 35 heavy (non-hydrogen) atoms. The van der Waals surface area contributed by atoms with E-state index in [-0.39, 0.29) is 5.56 Å². The molecule has 0 saturated carbocycles. The maximum absolute atomic E-state index is 13.7. The van der Waals surface area contributed by atoms with Gasteiger partial charge in [-0.05, 0) is 48.4 Å². The third-order valence-corrected chi connectivity index (χ3v) is 6.44. The van der Waals surface area contributed by atoms with Crippen LogP contribution in [0, 0.1) is 6.92 Å². The first-order chi connectivity index (χ1) is 17.0. The maximum atomic E-state index is 13.7. The quantitative estimate of drug-likeness (QED) is 0.415. The molecule has 1 aliphatic rings. The van der Waals surface area contributed by atoms with Gasteiger partial charge in [-0.2, -0.15) is 0 Å². The van der Waals surface area contributed by atoms with Crippen molar-refractivity contribution in [2.75, 3.05) is 38.2 Å². The standard InChI is InChI=1S/C28H28N4O3/c1-20-7-6-10-23(17-20)32-26(33)24-12-11-22(27(34)35-2)18-25(24)29-28(32)31-15-13-30(14-16-31)19-21-8-4-3-5-9-21/h3-12,17-18H,13-16,19H2,1-2H3. The maximum Gasteiger partial charge on any atom is 0.337 e. The number of carbonyl (C=O) groups is 1. The van der Waals surface area contributed by atoms with Crippen molar-refractivity contribution in [3.05, 3.63) is 99.8 Å². The molecule has 0 N–H and O–H groups in total. The van der Waals surface area contributed by atoms with E-state index in [1.807, 2.05) is 37.3 Å². The topological polar surface area (TPSA) is 67.7 Å². The second-order valence-corrected chi connectivity index (χ2v) is 8.86. The minimum atomic E-state index is -0.451. The van der Waals surface area contributed by atoms with Crippen LogP contribution in [-0.2, 0) is 11.3 Å². The molecular weight excluding hydrogens is 440 g/mol. The summed E-state index contributed by atoms with van der Waals surface area (Å²) in [4.78, 5) is 35.3. The van der Waals surface area contributed by atoms with E-state index in [2.05, 4.69) is 34.1 Å². The van der Waals surface area contributed by atoms with Crippen LogP contribution in [0.4, 0.5) is 5.95 Å². The molecule has 2 heterocycles. The summed E-state index contributed by atoms with van der Waals surface area (Å²) in [6.45, 7) is 6.11. The molecule has 0 radical (unpaired) electrons. The van der Waals surface area contributed by atoms with E-state index in [9.17, 15) is 9.59 Å². The number of aromatic nitrogens is 2. The fraction of sp³-hybridized carbons (Fsp3) is 0.250. The predicted molar refractivity (Wildman–Crippen MR) is 137 cm³/mol. The number of piperazine rings is 1. The van der Waals surface area contributed by atoms with E-state index >= 15 is 0 Å². The van der Waals surface area contributed by atoms with Gasteiger partial charge in [0.05, 0.1) is 29.3 Å². The van der Waals surface area contributed by atoms with Crippen molar-refractivity contribution in [2.24, 2.45) is 0 Å². The molecule has 1 fully saturated rings. The third kappa shape index (κ3) is 4.68. The van der Waals surface area contributed by atoms with Crippen molar-refractivity contribution in [1.82, 2.24) is 14.5 Å². The summed E-state index contributed by atoms with van der Waals surface area (Å²) in [5.74, 6) is 0.141. The van der Waals surface area contributed by atoms with Gasteiger partial charge in [-0.15, -0.1) is 0 Å². The molecule has 3 aromatic carbocycles. The highest BCUT2D eigenvalue weighted by atomic mass is 16.5. The van der Waals surface area contributed by atoms with E-state index in [0.29, 0.717) is 22.4 Å². The molecule has 0 aliphatic carbocycles. The van der Waals surface area contributed by atoms with E-state index in [1.54, 1.807) is 22.8 Å². The number of hydrogen-bond acceptors (Lipinski definition) is 6. The molecule has 0 amide bonds. The summed E-state index contributed by atoms with van der Waals surface area (Å²) >= 11 is 0. The fourth-order valence-corrected chi connectivity index (χ4v) is 4.58. The van der Waals surface area contributed by atoms with E-state index in [0.717, 1.165) is 44.0 Å². The lowest BCUT2D eigenvalue weighted by atomic mass is 10.1. The molecule has 178 valence electrons. The van der Waals surface area contributed by atoms with Gasteiger partial charge >= 0.3 is 5.97 Å². The Balaban J connectivity index is 1.54. The summed E-state index contributed by atoms with van der Waals surface area (Å²) in [5, 5.41) is 0.464. The molecular formula is C28H28N4O3. The smallest absolute Gasteiger partial charge is 0.337 e. The Morgan fingerprint density at radius 1 is 0.943 bits per heavy atom. The lowest BCUT2D eigenvalue weighted by Gasteiger charge is -2.36. The van der Waals surface area contributed by atoms with Gasteiger partial charge in [0.25, 0.3) is 5.56 Å². The number of nitrogens with zero attached hydrogens (tertiary/aromatic N) is 4. The van der Waals surface area contributed by atoms with Crippen molar-refractivity contribution in [3.63, 3.8) is 0 Å². The van der Waals surface area contributed by atoms with Crippen LogP contribution >= 0.6 is 0 Å². The average molecular weight is 469 g/mol. The number of rotatable bonds is 5. The molecule has 0 unspecified atom stereocenters. The number of benzene rings is 3. The molecule has 5 rings (SSSR count). The van der Waals surface area contributed by atoms with Crippen LogP contribution < -0.4 is 10.5 Å². The minimum Gasteiger partial charge on any atom is -0.465 e. The molecule has 1 aromatic heterocycles. The Morgan fingerprint density at radius 3 is 2.43 bits per heavy atom. The summed E-state index contributed by atoms with van der Waals surface area (Å²) in [7, 11) is 1.34. The van der Waals surface area contributed by atoms with Crippen molar-refractivity contribution >= 4 is 22.8 Å². The zero-order valence-corrected chi connectivity index (χ0v) is 20.0. The van der Waals surface area contributed by atoms with Gasteiger partial charge in [0.2, 0.25) is 5.95 Å². The Hall–Kier alpha value is -3.97. The SMILES string of the molecule is COC(=O)c1ccc2c(=O)n(-c3cccc(C)c3)c(N3CCN(Cc4ccccc4)CC3)nc2c1. The minimum absolute atomic E-state index is 0.154. The largest absolute Gasteiger partial charge is 0.465 e. The Kier molecular flexibility index (Phi) is 6.33. The van der Waals surface area contributed by atoms with Crippen LogP contribution in [0.15, 0.2) is 77.6 Å². The normalized spacial score (nSPS) is 14.3. The number of aryl methyl sites for hydroxylation is 1. The molecule has 0 atom stereocenters. The van der Waals surface area contributed by atoms with Crippen LogP contribution in [0.2, 0.25) is 0 Å². The monoisotopic (exact) mass is 468 g/mol. The van der Waals surface area contributed by atoms with Gasteiger partial charge in [-0.3, -0.25) is 9.69 Å². The van der Waals surface area contributed by atoms with Gasteiger partial charge in [-0.1, -0.05) is 42.5 Å². The van der Waals surface area contributed by atoms with Gasteiger partial charge in [0, 0.05) is 32.7 Å². The predicted octanol–water partition coefficient (Wildman–Crippen LogP) is 3.80. The first kappa shape index (κ1) is 22.8. The van der Waals surface area contributed by atoms with Crippen molar-refractivity contribution < 1.29 is 9.53 Å². The van der Waals surface area contributed by atoms with Gasteiger partial charge in [0.15, 0.2) is 0 Å². The number of ether oxygens (including phenoxy) is 1. The lowest BCUT2D eigenvalue weighted by Crippen LogP contribution is -2.47. The third-order valence-electron chi connectivity index (χ3n) is 6.44. The highest BCUT2D eigenvalue weighted by molar-refractivity contribution is 5.94. The summed E-state index contributed by atoms with van der Waals surface area (Å²) in [6, 6.07) is 23.2. The van der Waals surface area contributed by atoms with Gasteiger partial charge in [-0.25, -0.2) is 14.3 Å². The van der Waals surface area contributed by atoms with Crippen LogP contribution in [-0.4, -0.2) is 53.7 Å². The van der Waals surface area contributed by atoms with Crippen molar-refractivity contribution in [3.8, 4) is 5.69 Å². The second kappa shape index (κ2) is 9.72. The van der Waals surface area contributed by atoms with Crippen molar-refractivity contribution in [1.29, 1.82) is 0 Å². The highest BCUT2D eigenvalue weighted by Crippen LogP contribution is 2.23. The molecule has 7 heteroatoms. The first-order valence-corrected chi connectivity index (χ1v) is 11.8. The zero-order valence-electron chi connectivity index (χ0n) is 20.0. The summed E-state index contributed by atoms with van der Waals surface area (Å²) in [6.07, 6.45) is 0. The van der Waals surface area contributed by atoms with Crippen LogP contribution in [0.3, 0.4) is 0 Å². The zero-order chi connectivity index (χ0) is 24.4. The van der Waals surface area contributed by atoms with Crippen molar-refractivity contribution in [2.45, 2.75) is 13.5 Å². The number of esters is 1. The van der Waals surface area contributed by atoms with E-state index in [1.165, 1.54) is 12.7 Å². The number of methoxy groups -OCH3 is 1. The highest BCUT2D eigenvalue weighted by Gasteiger charge is 2.23. The first-order valence-electron chi connectivity index (χ1n) is 11.8. The number of carbonyl (C=O) groups excluding carboxylic acids is 1. The van der Waals surface area contributed by atoms with Crippen LogP contribution in [0.25, 0.3) is 16.6 Å². The molecule has 1 saturated heterocycles. The Labute approximate surface area is 204 Å². The number of hydrogen-bond donors (Lipinski definition) is 0. The molecule has 0 bridgehead atoms. The number of fused-ring (bicyclic) bond motifs is 1. The summed E-state index contributed by atoms with van der Waals surface area (Å²) in [5.41, 5.74) is 3.84.